The fraction of sp³-hybridized carbons (Fsp3) is 0.0714. The van der Waals surface area contributed by atoms with Crippen molar-refractivity contribution in [2.75, 3.05) is 6.61 Å². The lowest BCUT2D eigenvalue weighted by molar-refractivity contribution is -0.384. The number of carbonyl (C=O) groups is 1. The SMILES string of the molecule is O=C(COc1ccc(Br)cc1)Oc1cccc([N+](=O)[O-])c1. The van der Waals surface area contributed by atoms with Crippen LogP contribution in [0.5, 0.6) is 11.5 Å². The van der Waals surface area contributed by atoms with Crippen molar-refractivity contribution in [3.05, 3.63) is 63.1 Å². The van der Waals surface area contributed by atoms with Gasteiger partial charge in [-0.1, -0.05) is 22.0 Å². The summed E-state index contributed by atoms with van der Waals surface area (Å²) in [7, 11) is 0. The third kappa shape index (κ3) is 4.57. The van der Waals surface area contributed by atoms with Gasteiger partial charge in [0.15, 0.2) is 6.61 Å². The number of esters is 1. The smallest absolute Gasteiger partial charge is 0.349 e. The number of nitro groups is 1. The van der Waals surface area contributed by atoms with Crippen molar-refractivity contribution in [2.24, 2.45) is 0 Å². The molecule has 0 fully saturated rings. The minimum absolute atomic E-state index is 0.105. The molecule has 0 saturated carbocycles. The Morgan fingerprint density at radius 1 is 1.14 bits per heavy atom. The molecule has 2 aromatic rings. The summed E-state index contributed by atoms with van der Waals surface area (Å²) in [6, 6.07) is 12.4. The van der Waals surface area contributed by atoms with Gasteiger partial charge in [-0.15, -0.1) is 0 Å². The lowest BCUT2D eigenvalue weighted by atomic mass is 10.3. The van der Waals surface area contributed by atoms with Crippen LogP contribution in [0.3, 0.4) is 0 Å². The van der Waals surface area contributed by atoms with Gasteiger partial charge in [0.2, 0.25) is 0 Å². The Morgan fingerprint density at radius 2 is 1.86 bits per heavy atom. The van der Waals surface area contributed by atoms with E-state index < -0.39 is 10.9 Å². The molecule has 0 radical (unpaired) electrons. The molecule has 0 saturated heterocycles. The number of carbonyl (C=O) groups excluding carboxylic acids is 1. The highest BCUT2D eigenvalue weighted by Crippen LogP contribution is 2.19. The molecule has 0 heterocycles. The van der Waals surface area contributed by atoms with Crippen LogP contribution >= 0.6 is 15.9 Å². The highest BCUT2D eigenvalue weighted by Gasteiger charge is 2.10. The van der Waals surface area contributed by atoms with E-state index in [0.717, 1.165) is 4.47 Å². The molecule has 0 unspecified atom stereocenters. The number of benzene rings is 2. The summed E-state index contributed by atoms with van der Waals surface area (Å²) >= 11 is 3.29. The van der Waals surface area contributed by atoms with Gasteiger partial charge in [0.05, 0.1) is 11.0 Å². The number of halogens is 1. The number of hydrogen-bond acceptors (Lipinski definition) is 5. The van der Waals surface area contributed by atoms with Crippen LogP contribution < -0.4 is 9.47 Å². The molecular weight excluding hydrogens is 342 g/mol. The number of non-ortho nitro benzene ring substituents is 1. The first-order valence-corrected chi connectivity index (χ1v) is 6.67. The third-order valence-corrected chi connectivity index (χ3v) is 2.96. The average Bonchev–Trinajstić information content (AvgIpc) is 2.47. The van der Waals surface area contributed by atoms with E-state index in [1.54, 1.807) is 24.3 Å². The van der Waals surface area contributed by atoms with Gasteiger partial charge >= 0.3 is 5.97 Å². The fourth-order valence-electron chi connectivity index (χ4n) is 1.49. The maximum Gasteiger partial charge on any atom is 0.349 e. The Bertz CT molecular complexity index is 657. The van der Waals surface area contributed by atoms with Crippen LogP contribution in [0.15, 0.2) is 53.0 Å². The summed E-state index contributed by atoms with van der Waals surface area (Å²) < 4.78 is 11.1. The zero-order chi connectivity index (χ0) is 15.2. The second kappa shape index (κ2) is 6.85. The molecule has 108 valence electrons. The molecular formula is C14H10BrNO5. The molecule has 7 heteroatoms. The summed E-state index contributed by atoms with van der Waals surface area (Å²) in [4.78, 5) is 21.7. The molecule has 0 aliphatic carbocycles. The Hall–Kier alpha value is -2.41. The normalized spacial score (nSPS) is 9.95. The van der Waals surface area contributed by atoms with E-state index in [0.29, 0.717) is 5.75 Å². The monoisotopic (exact) mass is 351 g/mol. The van der Waals surface area contributed by atoms with E-state index in [1.165, 1.54) is 24.3 Å². The summed E-state index contributed by atoms with van der Waals surface area (Å²) in [6.45, 7) is -0.287. The van der Waals surface area contributed by atoms with Crippen LogP contribution in [0.1, 0.15) is 0 Å². The van der Waals surface area contributed by atoms with Crippen LogP contribution in [0.4, 0.5) is 5.69 Å². The fourth-order valence-corrected chi connectivity index (χ4v) is 1.76. The number of ether oxygens (including phenoxy) is 2. The molecule has 2 aromatic carbocycles. The first-order chi connectivity index (χ1) is 10.0. The van der Waals surface area contributed by atoms with Gasteiger partial charge < -0.3 is 9.47 Å². The summed E-state index contributed by atoms with van der Waals surface area (Å²) in [5.41, 5.74) is -0.144. The zero-order valence-electron chi connectivity index (χ0n) is 10.7. The molecule has 21 heavy (non-hydrogen) atoms. The van der Waals surface area contributed by atoms with Gasteiger partial charge in [0, 0.05) is 10.5 Å². The van der Waals surface area contributed by atoms with Gasteiger partial charge in [-0.2, -0.15) is 0 Å². The second-order valence-corrected chi connectivity index (χ2v) is 4.89. The summed E-state index contributed by atoms with van der Waals surface area (Å²) in [5.74, 6) is -0.0128. The zero-order valence-corrected chi connectivity index (χ0v) is 12.3. The van der Waals surface area contributed by atoms with Crippen LogP contribution in [0.25, 0.3) is 0 Å². The number of nitrogens with zero attached hydrogens (tertiary/aromatic N) is 1. The Balaban J connectivity index is 1.91. The van der Waals surface area contributed by atoms with Crippen LogP contribution in [-0.2, 0) is 4.79 Å². The number of nitro benzene ring substituents is 1. The van der Waals surface area contributed by atoms with Crippen LogP contribution in [0, 0.1) is 10.1 Å². The first kappa shape index (κ1) is 15.0. The van der Waals surface area contributed by atoms with Gasteiger partial charge in [0.25, 0.3) is 5.69 Å². The van der Waals surface area contributed by atoms with Crippen LogP contribution in [0.2, 0.25) is 0 Å². The Morgan fingerprint density at radius 3 is 2.52 bits per heavy atom. The van der Waals surface area contributed by atoms with Crippen molar-refractivity contribution in [2.45, 2.75) is 0 Å². The molecule has 0 aromatic heterocycles. The van der Waals surface area contributed by atoms with Crippen molar-refractivity contribution in [3.63, 3.8) is 0 Å². The Kier molecular flexibility index (Phi) is 4.89. The molecule has 0 aliphatic rings. The number of hydrogen-bond donors (Lipinski definition) is 0. The molecule has 0 spiro atoms. The van der Waals surface area contributed by atoms with Crippen molar-refractivity contribution in [1.29, 1.82) is 0 Å². The van der Waals surface area contributed by atoms with E-state index in [1.807, 2.05) is 0 Å². The second-order valence-electron chi connectivity index (χ2n) is 3.97. The predicted octanol–water partition coefficient (Wildman–Crippen LogP) is 3.34. The van der Waals surface area contributed by atoms with Crippen molar-refractivity contribution < 1.29 is 19.2 Å². The van der Waals surface area contributed by atoms with E-state index in [9.17, 15) is 14.9 Å². The molecule has 6 nitrogen and oxygen atoms in total. The maximum absolute atomic E-state index is 11.6. The van der Waals surface area contributed by atoms with Gasteiger partial charge in [-0.25, -0.2) is 4.79 Å². The Labute approximate surface area is 128 Å². The average molecular weight is 352 g/mol. The standard InChI is InChI=1S/C14H10BrNO5/c15-10-4-6-12(7-5-10)20-9-14(17)21-13-3-1-2-11(8-13)16(18)19/h1-8H,9H2. The first-order valence-electron chi connectivity index (χ1n) is 5.88. The topological polar surface area (TPSA) is 78.7 Å². The molecule has 0 atom stereocenters. The van der Waals surface area contributed by atoms with E-state index >= 15 is 0 Å². The lowest BCUT2D eigenvalue weighted by Gasteiger charge is -2.06. The molecule has 2 rings (SSSR count). The highest BCUT2D eigenvalue weighted by molar-refractivity contribution is 9.10. The third-order valence-electron chi connectivity index (χ3n) is 2.43. The van der Waals surface area contributed by atoms with Gasteiger partial charge in [-0.3, -0.25) is 10.1 Å². The molecule has 0 N–H and O–H groups in total. The summed E-state index contributed by atoms with van der Waals surface area (Å²) in [6.07, 6.45) is 0. The largest absolute Gasteiger partial charge is 0.482 e. The molecule has 0 bridgehead atoms. The van der Waals surface area contributed by atoms with Gasteiger partial charge in [0.1, 0.15) is 11.5 Å². The van der Waals surface area contributed by atoms with Crippen LogP contribution in [-0.4, -0.2) is 17.5 Å². The predicted molar refractivity (Wildman–Crippen MR) is 78.4 cm³/mol. The maximum atomic E-state index is 11.6. The lowest BCUT2D eigenvalue weighted by Crippen LogP contribution is -2.17. The van der Waals surface area contributed by atoms with Crippen molar-refractivity contribution in [1.82, 2.24) is 0 Å². The van der Waals surface area contributed by atoms with E-state index in [-0.39, 0.29) is 18.0 Å². The molecule has 0 amide bonds. The summed E-state index contributed by atoms with van der Waals surface area (Å²) in [5, 5.41) is 10.6. The van der Waals surface area contributed by atoms with E-state index in [4.69, 9.17) is 9.47 Å². The van der Waals surface area contributed by atoms with Crippen molar-refractivity contribution >= 4 is 27.6 Å². The number of rotatable bonds is 5. The van der Waals surface area contributed by atoms with E-state index in [2.05, 4.69) is 15.9 Å². The minimum Gasteiger partial charge on any atom is -0.482 e. The van der Waals surface area contributed by atoms with Crippen molar-refractivity contribution in [3.8, 4) is 11.5 Å². The van der Waals surface area contributed by atoms with Gasteiger partial charge in [-0.05, 0) is 30.3 Å². The minimum atomic E-state index is -0.640. The quantitative estimate of drug-likeness (QED) is 0.357. The molecule has 0 aliphatic heterocycles. The highest BCUT2D eigenvalue weighted by atomic mass is 79.9.